The molecule has 0 radical (unpaired) electrons. The highest BCUT2D eigenvalue weighted by molar-refractivity contribution is 7.98. The van der Waals surface area contributed by atoms with Crippen LogP contribution in [0, 0.1) is 5.82 Å². The van der Waals surface area contributed by atoms with E-state index in [4.69, 9.17) is 47.5 Å². The minimum Gasteiger partial charge on any atom is -0.490 e. The number of allylic oxidation sites excluding steroid dienone is 1. The first-order valence-electron chi connectivity index (χ1n) is 14.0. The molecule has 4 aromatic rings. The number of hydrogen-bond donors (Lipinski definition) is 1. The quantitative estimate of drug-likeness (QED) is 0.128. The number of aromatic nitrogens is 3. The van der Waals surface area contributed by atoms with Crippen molar-refractivity contribution < 1.29 is 23.4 Å². The van der Waals surface area contributed by atoms with E-state index in [-0.39, 0.29) is 23.3 Å². The number of halogens is 3. The zero-order valence-corrected chi connectivity index (χ0v) is 26.9. The summed E-state index contributed by atoms with van der Waals surface area (Å²) in [6.45, 7) is 7.50. The average Bonchev–Trinajstić information content (AvgIpc) is 3.38. The van der Waals surface area contributed by atoms with Crippen LogP contribution in [0.25, 0.3) is 0 Å². The van der Waals surface area contributed by atoms with Crippen LogP contribution in [-0.2, 0) is 21.9 Å². The molecule has 3 aromatic carbocycles. The number of rotatable bonds is 11. The number of carbonyl (C=O) groups excluding carboxylic acids is 1. The number of benzene rings is 3. The molecule has 0 spiro atoms. The monoisotopic (exact) mass is 656 g/mol. The molecule has 12 heteroatoms. The van der Waals surface area contributed by atoms with Gasteiger partial charge in [-0.05, 0) is 69.2 Å². The Kier molecular flexibility index (Phi) is 10.0. The zero-order valence-electron chi connectivity index (χ0n) is 24.6. The molecule has 44 heavy (non-hydrogen) atoms. The highest BCUT2D eigenvalue weighted by Crippen LogP contribution is 2.41. The van der Waals surface area contributed by atoms with Crippen LogP contribution in [0.2, 0.25) is 10.0 Å². The fourth-order valence-corrected chi connectivity index (χ4v) is 6.04. The molecular formula is C32H31Cl2FN4O4S. The van der Waals surface area contributed by atoms with Gasteiger partial charge in [-0.25, -0.2) is 13.9 Å². The molecule has 230 valence electrons. The van der Waals surface area contributed by atoms with Crippen LogP contribution >= 0.6 is 35.0 Å². The van der Waals surface area contributed by atoms with Crippen molar-refractivity contribution in [1.82, 2.24) is 14.8 Å². The molecule has 1 unspecified atom stereocenters. The van der Waals surface area contributed by atoms with E-state index in [9.17, 15) is 9.18 Å². The molecule has 0 fully saturated rings. The number of thioether (sulfide) groups is 1. The van der Waals surface area contributed by atoms with Gasteiger partial charge in [-0.2, -0.15) is 4.98 Å². The number of ether oxygens (including phenoxy) is 3. The van der Waals surface area contributed by atoms with Crippen molar-refractivity contribution >= 4 is 46.9 Å². The maximum absolute atomic E-state index is 14.4. The fraction of sp³-hybridized carbons (Fsp3) is 0.281. The van der Waals surface area contributed by atoms with Gasteiger partial charge in [-0.3, -0.25) is 0 Å². The third-order valence-electron chi connectivity index (χ3n) is 6.73. The van der Waals surface area contributed by atoms with E-state index in [0.717, 1.165) is 5.56 Å². The van der Waals surface area contributed by atoms with Crippen LogP contribution in [0.1, 0.15) is 50.4 Å². The summed E-state index contributed by atoms with van der Waals surface area (Å²) < 4.78 is 33.6. The first-order chi connectivity index (χ1) is 21.2. The van der Waals surface area contributed by atoms with Crippen molar-refractivity contribution in [2.45, 2.75) is 57.4 Å². The largest absolute Gasteiger partial charge is 0.490 e. The van der Waals surface area contributed by atoms with Gasteiger partial charge in [0.2, 0.25) is 11.1 Å². The third-order valence-corrected chi connectivity index (χ3v) is 8.34. The lowest BCUT2D eigenvalue weighted by molar-refractivity contribution is -0.143. The molecule has 0 saturated heterocycles. The number of anilines is 1. The normalized spacial score (nSPS) is 14.3. The summed E-state index contributed by atoms with van der Waals surface area (Å²) in [5.41, 5.74) is 2.87. The summed E-state index contributed by atoms with van der Waals surface area (Å²) in [6.07, 6.45) is -0.331. The Hall–Kier alpha value is -3.73. The number of nitrogens with one attached hydrogen (secondary N) is 1. The van der Waals surface area contributed by atoms with E-state index in [1.807, 2.05) is 37.3 Å². The van der Waals surface area contributed by atoms with Crippen LogP contribution in [0.3, 0.4) is 0 Å². The Balaban J connectivity index is 1.51. The van der Waals surface area contributed by atoms with Gasteiger partial charge in [0.15, 0.2) is 11.5 Å². The smallest absolute Gasteiger partial charge is 0.338 e. The molecule has 0 saturated carbocycles. The van der Waals surface area contributed by atoms with Gasteiger partial charge >= 0.3 is 5.97 Å². The molecule has 0 aliphatic carbocycles. The number of nitrogens with zero attached hydrogens (tertiary/aromatic N) is 3. The molecule has 2 heterocycles. The lowest BCUT2D eigenvalue weighted by Crippen LogP contribution is -2.30. The molecule has 1 N–H and O–H groups in total. The standard InChI is InChI=1S/C32H31Cl2FN4O4S/c1-5-41-27-15-20(13-14-26(27)42-16-22-24(34)11-8-12-25(22)35)29-28(30(40)43-18(2)3)19(4)36-31-37-32(38-39(29)31)44-17-21-9-6-7-10-23(21)33/h6-15,18,29H,5,16-17H2,1-4H3,(H,36,37,38). The second-order valence-corrected chi connectivity index (χ2v) is 11.9. The third kappa shape index (κ3) is 6.98. The minimum absolute atomic E-state index is 0.0948. The van der Waals surface area contributed by atoms with Gasteiger partial charge in [-0.1, -0.05) is 65.3 Å². The molecule has 1 aliphatic heterocycles. The topological polar surface area (TPSA) is 87.5 Å². The van der Waals surface area contributed by atoms with Gasteiger partial charge in [0.05, 0.1) is 23.3 Å². The molecule has 8 nitrogen and oxygen atoms in total. The molecular weight excluding hydrogens is 626 g/mol. The van der Waals surface area contributed by atoms with Crippen molar-refractivity contribution in [3.8, 4) is 11.5 Å². The maximum atomic E-state index is 14.4. The molecule has 0 amide bonds. The van der Waals surface area contributed by atoms with Crippen molar-refractivity contribution in [3.05, 3.63) is 104 Å². The molecule has 1 aliphatic rings. The van der Waals surface area contributed by atoms with Crippen molar-refractivity contribution in [2.75, 3.05) is 11.9 Å². The van der Waals surface area contributed by atoms with E-state index >= 15 is 0 Å². The van der Waals surface area contributed by atoms with Gasteiger partial charge in [0.1, 0.15) is 18.5 Å². The summed E-state index contributed by atoms with van der Waals surface area (Å²) in [7, 11) is 0. The number of hydrogen-bond acceptors (Lipinski definition) is 8. The van der Waals surface area contributed by atoms with E-state index in [1.54, 1.807) is 43.7 Å². The van der Waals surface area contributed by atoms with Gasteiger partial charge in [0.25, 0.3) is 0 Å². The Morgan fingerprint density at radius 3 is 2.57 bits per heavy atom. The highest BCUT2D eigenvalue weighted by Gasteiger charge is 2.36. The van der Waals surface area contributed by atoms with Crippen molar-refractivity contribution in [1.29, 1.82) is 0 Å². The van der Waals surface area contributed by atoms with Gasteiger partial charge in [0, 0.05) is 22.0 Å². The second kappa shape index (κ2) is 13.9. The highest BCUT2D eigenvalue weighted by atomic mass is 35.5. The van der Waals surface area contributed by atoms with Gasteiger partial charge < -0.3 is 19.5 Å². The summed E-state index contributed by atoms with van der Waals surface area (Å²) in [4.78, 5) is 18.2. The van der Waals surface area contributed by atoms with E-state index in [0.29, 0.717) is 56.8 Å². The summed E-state index contributed by atoms with van der Waals surface area (Å²) >= 11 is 14.0. The van der Waals surface area contributed by atoms with Crippen molar-refractivity contribution in [3.63, 3.8) is 0 Å². The van der Waals surface area contributed by atoms with Crippen LogP contribution in [0.15, 0.2) is 77.1 Å². The van der Waals surface area contributed by atoms with Crippen LogP contribution in [0.4, 0.5) is 10.3 Å². The molecule has 1 atom stereocenters. The van der Waals surface area contributed by atoms with Crippen molar-refractivity contribution in [2.24, 2.45) is 0 Å². The Bertz CT molecular complexity index is 1690. The lowest BCUT2D eigenvalue weighted by Gasteiger charge is -2.29. The zero-order chi connectivity index (χ0) is 31.4. The Morgan fingerprint density at radius 1 is 1.07 bits per heavy atom. The Labute approximate surface area is 269 Å². The number of carbonyl (C=O) groups is 1. The average molecular weight is 658 g/mol. The summed E-state index contributed by atoms with van der Waals surface area (Å²) in [5, 5.41) is 9.45. The minimum atomic E-state index is -0.686. The first kappa shape index (κ1) is 31.7. The fourth-order valence-electron chi connectivity index (χ4n) is 4.70. The summed E-state index contributed by atoms with van der Waals surface area (Å²) in [5.74, 6) is 0.912. The Morgan fingerprint density at radius 2 is 1.84 bits per heavy atom. The molecule has 1 aromatic heterocycles. The predicted octanol–water partition coefficient (Wildman–Crippen LogP) is 8.23. The second-order valence-electron chi connectivity index (χ2n) is 10.2. The van der Waals surface area contributed by atoms with E-state index in [2.05, 4.69) is 5.32 Å². The van der Waals surface area contributed by atoms with Crippen LogP contribution in [-0.4, -0.2) is 33.4 Å². The molecule has 0 bridgehead atoms. The first-order valence-corrected chi connectivity index (χ1v) is 15.7. The number of esters is 1. The summed E-state index contributed by atoms with van der Waals surface area (Å²) in [6, 6.07) is 16.7. The SMILES string of the molecule is CCOc1cc(C2C(C(=O)OC(C)C)=C(C)Nc3nc(SCc4ccccc4Cl)nn32)ccc1OCc1c(F)cccc1Cl. The van der Waals surface area contributed by atoms with E-state index < -0.39 is 17.8 Å². The van der Waals surface area contributed by atoms with E-state index in [1.165, 1.54) is 23.9 Å². The van der Waals surface area contributed by atoms with Gasteiger partial charge in [-0.15, -0.1) is 5.10 Å². The van der Waals surface area contributed by atoms with Crippen LogP contribution in [0.5, 0.6) is 11.5 Å². The maximum Gasteiger partial charge on any atom is 0.338 e. The molecule has 5 rings (SSSR count). The van der Waals surface area contributed by atoms with Crippen LogP contribution < -0.4 is 14.8 Å². The predicted molar refractivity (Wildman–Crippen MR) is 170 cm³/mol. The lowest BCUT2D eigenvalue weighted by atomic mass is 9.95. The number of fused-ring (bicyclic) bond motifs is 1.